The minimum absolute atomic E-state index is 0.146. The molecule has 5 heteroatoms. The first-order chi connectivity index (χ1) is 10.8. The van der Waals surface area contributed by atoms with E-state index in [1.54, 1.807) is 0 Å². The van der Waals surface area contributed by atoms with Crippen LogP contribution in [0, 0.1) is 0 Å². The van der Waals surface area contributed by atoms with Crippen LogP contribution in [0.5, 0.6) is 0 Å². The Morgan fingerprint density at radius 3 is 2.73 bits per heavy atom. The van der Waals surface area contributed by atoms with Crippen molar-refractivity contribution in [3.63, 3.8) is 0 Å². The average molecular weight is 302 g/mol. The van der Waals surface area contributed by atoms with Crippen LogP contribution in [0.15, 0.2) is 0 Å². The summed E-state index contributed by atoms with van der Waals surface area (Å²) in [4.78, 5) is 17.5. The first kappa shape index (κ1) is 14.2. The Labute approximate surface area is 132 Å². The molecule has 0 bridgehead atoms. The zero-order valence-electron chi connectivity index (χ0n) is 13.3. The Bertz CT molecular complexity index is 547. The molecule has 1 saturated carbocycles. The summed E-state index contributed by atoms with van der Waals surface area (Å²) in [5.41, 5.74) is 3.06. The zero-order valence-corrected chi connectivity index (χ0v) is 13.3. The van der Waals surface area contributed by atoms with Crippen molar-refractivity contribution in [1.82, 2.24) is 20.0 Å². The van der Waals surface area contributed by atoms with Crippen molar-refractivity contribution >= 4 is 5.91 Å². The fourth-order valence-electron chi connectivity index (χ4n) is 4.42. The van der Waals surface area contributed by atoms with Crippen molar-refractivity contribution in [2.75, 3.05) is 26.2 Å². The first-order valence-corrected chi connectivity index (χ1v) is 8.92. The van der Waals surface area contributed by atoms with E-state index in [2.05, 4.69) is 15.1 Å². The highest BCUT2D eigenvalue weighted by molar-refractivity contribution is 5.94. The van der Waals surface area contributed by atoms with E-state index in [0.29, 0.717) is 5.69 Å². The Kier molecular flexibility index (Phi) is 3.90. The van der Waals surface area contributed by atoms with Gasteiger partial charge in [0.25, 0.3) is 5.91 Å². The molecule has 1 aliphatic heterocycles. The summed E-state index contributed by atoms with van der Waals surface area (Å²) in [5.74, 6) is 0.146. The number of rotatable bonds is 2. The third kappa shape index (κ3) is 2.56. The highest BCUT2D eigenvalue weighted by Crippen LogP contribution is 2.26. The van der Waals surface area contributed by atoms with Gasteiger partial charge in [-0.05, 0) is 38.5 Å². The van der Waals surface area contributed by atoms with Crippen LogP contribution in [0.2, 0.25) is 0 Å². The molecular formula is C17H26N4O. The molecule has 120 valence electrons. The van der Waals surface area contributed by atoms with E-state index < -0.39 is 0 Å². The lowest BCUT2D eigenvalue weighted by molar-refractivity contribution is 0.0751. The molecule has 0 unspecified atom stereocenters. The van der Waals surface area contributed by atoms with E-state index >= 15 is 0 Å². The van der Waals surface area contributed by atoms with Crippen LogP contribution in [0.4, 0.5) is 0 Å². The fourth-order valence-corrected chi connectivity index (χ4v) is 4.42. The zero-order chi connectivity index (χ0) is 14.9. The summed E-state index contributed by atoms with van der Waals surface area (Å²) < 4.78 is 0. The van der Waals surface area contributed by atoms with Crippen molar-refractivity contribution < 1.29 is 4.79 Å². The molecular weight excluding hydrogens is 276 g/mol. The summed E-state index contributed by atoms with van der Waals surface area (Å²) in [7, 11) is 0. The SMILES string of the molecule is O=C(c1n[nH]c2c1CCC2)N1CCCN(C2CCCC2)CC1. The van der Waals surface area contributed by atoms with E-state index in [4.69, 9.17) is 0 Å². The Morgan fingerprint density at radius 2 is 1.86 bits per heavy atom. The Hall–Kier alpha value is -1.36. The second-order valence-corrected chi connectivity index (χ2v) is 7.00. The van der Waals surface area contributed by atoms with Crippen LogP contribution in [0.1, 0.15) is 60.3 Å². The molecule has 1 aromatic rings. The van der Waals surface area contributed by atoms with E-state index in [0.717, 1.165) is 57.9 Å². The summed E-state index contributed by atoms with van der Waals surface area (Å²) >= 11 is 0. The molecule has 1 aromatic heterocycles. The number of carbonyl (C=O) groups is 1. The van der Waals surface area contributed by atoms with Crippen LogP contribution in [0.3, 0.4) is 0 Å². The first-order valence-electron chi connectivity index (χ1n) is 8.92. The molecule has 1 N–H and O–H groups in total. The van der Waals surface area contributed by atoms with Crippen LogP contribution in [-0.2, 0) is 12.8 Å². The van der Waals surface area contributed by atoms with Gasteiger partial charge in [-0.3, -0.25) is 14.8 Å². The highest BCUT2D eigenvalue weighted by atomic mass is 16.2. The molecule has 4 rings (SSSR count). The molecule has 3 aliphatic rings. The molecule has 0 spiro atoms. The van der Waals surface area contributed by atoms with Gasteiger partial charge in [0.05, 0.1) is 0 Å². The monoisotopic (exact) mass is 302 g/mol. The quantitative estimate of drug-likeness (QED) is 0.909. The fraction of sp³-hybridized carbons (Fsp3) is 0.765. The largest absolute Gasteiger partial charge is 0.336 e. The molecule has 0 atom stereocenters. The maximum Gasteiger partial charge on any atom is 0.274 e. The lowest BCUT2D eigenvalue weighted by Crippen LogP contribution is -2.38. The van der Waals surface area contributed by atoms with Gasteiger partial charge < -0.3 is 4.90 Å². The number of hydrogen-bond donors (Lipinski definition) is 1. The van der Waals surface area contributed by atoms with Crippen molar-refractivity contribution in [2.24, 2.45) is 0 Å². The van der Waals surface area contributed by atoms with Gasteiger partial charge in [0.15, 0.2) is 5.69 Å². The molecule has 1 amide bonds. The van der Waals surface area contributed by atoms with Crippen molar-refractivity contribution in [1.29, 1.82) is 0 Å². The standard InChI is InChI=1S/C17H26N4O/c22-17(16-14-7-3-8-15(14)18-19-16)21-10-4-9-20(11-12-21)13-5-1-2-6-13/h13H,1-12H2,(H,18,19). The number of nitrogens with zero attached hydrogens (tertiary/aromatic N) is 3. The predicted molar refractivity (Wildman–Crippen MR) is 85.0 cm³/mol. The molecule has 22 heavy (non-hydrogen) atoms. The van der Waals surface area contributed by atoms with E-state index in [-0.39, 0.29) is 5.91 Å². The molecule has 0 aromatic carbocycles. The van der Waals surface area contributed by atoms with Crippen molar-refractivity contribution in [3.05, 3.63) is 17.0 Å². The van der Waals surface area contributed by atoms with Crippen LogP contribution >= 0.6 is 0 Å². The minimum Gasteiger partial charge on any atom is -0.336 e. The minimum atomic E-state index is 0.146. The highest BCUT2D eigenvalue weighted by Gasteiger charge is 2.29. The number of aryl methyl sites for hydroxylation is 1. The van der Waals surface area contributed by atoms with E-state index in [9.17, 15) is 4.79 Å². The van der Waals surface area contributed by atoms with Gasteiger partial charge >= 0.3 is 0 Å². The molecule has 2 fully saturated rings. The van der Waals surface area contributed by atoms with Gasteiger partial charge in [-0.2, -0.15) is 5.10 Å². The Morgan fingerprint density at radius 1 is 1.00 bits per heavy atom. The van der Waals surface area contributed by atoms with E-state index in [1.807, 2.05) is 4.90 Å². The maximum absolute atomic E-state index is 12.8. The lowest BCUT2D eigenvalue weighted by Gasteiger charge is -2.27. The Balaban J connectivity index is 1.43. The molecule has 2 aliphatic carbocycles. The second kappa shape index (κ2) is 6.03. The van der Waals surface area contributed by atoms with Gasteiger partial charge in [0.1, 0.15) is 0 Å². The van der Waals surface area contributed by atoms with Crippen LogP contribution in [0.25, 0.3) is 0 Å². The normalized spacial score (nSPS) is 23.7. The van der Waals surface area contributed by atoms with Gasteiger partial charge in [-0.1, -0.05) is 12.8 Å². The van der Waals surface area contributed by atoms with Gasteiger partial charge in [-0.15, -0.1) is 0 Å². The number of hydrogen-bond acceptors (Lipinski definition) is 3. The summed E-state index contributed by atoms with van der Waals surface area (Å²) in [6, 6.07) is 0.768. The smallest absolute Gasteiger partial charge is 0.274 e. The topological polar surface area (TPSA) is 52.2 Å². The molecule has 1 saturated heterocycles. The third-order valence-electron chi connectivity index (χ3n) is 5.67. The number of aromatic nitrogens is 2. The predicted octanol–water partition coefficient (Wildman–Crippen LogP) is 1.99. The number of carbonyl (C=O) groups excluding carboxylic acids is 1. The second-order valence-electron chi connectivity index (χ2n) is 7.00. The number of H-pyrrole nitrogens is 1. The number of nitrogens with one attached hydrogen (secondary N) is 1. The molecule has 2 heterocycles. The molecule has 5 nitrogen and oxygen atoms in total. The van der Waals surface area contributed by atoms with Gasteiger partial charge in [0, 0.05) is 43.5 Å². The van der Waals surface area contributed by atoms with Gasteiger partial charge in [-0.25, -0.2) is 0 Å². The van der Waals surface area contributed by atoms with E-state index in [1.165, 1.54) is 36.9 Å². The van der Waals surface area contributed by atoms with Crippen molar-refractivity contribution in [2.45, 2.75) is 57.4 Å². The van der Waals surface area contributed by atoms with Gasteiger partial charge in [0.2, 0.25) is 0 Å². The summed E-state index contributed by atoms with van der Waals surface area (Å²) in [6.45, 7) is 3.91. The summed E-state index contributed by atoms with van der Waals surface area (Å²) in [5, 5.41) is 7.38. The number of fused-ring (bicyclic) bond motifs is 1. The maximum atomic E-state index is 12.8. The number of aromatic amines is 1. The third-order valence-corrected chi connectivity index (χ3v) is 5.67. The van der Waals surface area contributed by atoms with Crippen molar-refractivity contribution in [3.8, 4) is 0 Å². The number of amides is 1. The lowest BCUT2D eigenvalue weighted by atomic mass is 10.2. The van der Waals surface area contributed by atoms with Crippen LogP contribution in [-0.4, -0.2) is 58.1 Å². The van der Waals surface area contributed by atoms with Crippen LogP contribution < -0.4 is 0 Å². The summed E-state index contributed by atoms with van der Waals surface area (Å²) in [6.07, 6.45) is 9.75. The average Bonchev–Trinajstić information content (AvgIpc) is 3.22. The molecule has 0 radical (unpaired) electrons.